The number of methoxy groups -OCH3 is 1. The highest BCUT2D eigenvalue weighted by atomic mass is 19.1. The maximum absolute atomic E-state index is 13.6. The monoisotopic (exact) mass is 419 g/mol. The molecule has 2 aromatic carbocycles. The van der Waals surface area contributed by atoms with E-state index < -0.39 is 17.5 Å². The van der Waals surface area contributed by atoms with Gasteiger partial charge in [-0.2, -0.15) is 0 Å². The van der Waals surface area contributed by atoms with Crippen molar-refractivity contribution < 1.29 is 23.1 Å². The molecule has 2 N–H and O–H groups in total. The van der Waals surface area contributed by atoms with Crippen LogP contribution in [0.3, 0.4) is 0 Å². The summed E-state index contributed by atoms with van der Waals surface area (Å²) >= 11 is 0. The number of rotatable bonds is 10. The molecule has 0 aromatic heterocycles. The third kappa shape index (κ3) is 6.81. The van der Waals surface area contributed by atoms with Crippen molar-refractivity contribution in [1.29, 1.82) is 0 Å². The Balaban J connectivity index is 1.75. The molecule has 0 aliphatic heterocycles. The second-order valence-corrected chi connectivity index (χ2v) is 7.04. The van der Waals surface area contributed by atoms with Crippen molar-refractivity contribution in [2.45, 2.75) is 18.9 Å². The Bertz CT molecular complexity index is 857. The van der Waals surface area contributed by atoms with Crippen molar-refractivity contribution in [3.05, 3.63) is 65.2 Å². The van der Waals surface area contributed by atoms with Gasteiger partial charge in [-0.1, -0.05) is 12.1 Å². The maximum Gasteiger partial charge on any atom is 0.254 e. The average Bonchev–Trinajstić information content (AvgIpc) is 2.71. The van der Waals surface area contributed by atoms with E-state index >= 15 is 0 Å². The van der Waals surface area contributed by atoms with Gasteiger partial charge in [-0.25, -0.2) is 8.78 Å². The van der Waals surface area contributed by atoms with Crippen LogP contribution in [0, 0.1) is 11.6 Å². The zero-order chi connectivity index (χ0) is 22.1. The fourth-order valence-electron chi connectivity index (χ4n) is 2.94. The predicted molar refractivity (Wildman–Crippen MR) is 110 cm³/mol. The van der Waals surface area contributed by atoms with Crippen LogP contribution in [-0.2, 0) is 4.79 Å². The van der Waals surface area contributed by atoms with E-state index in [0.717, 1.165) is 23.4 Å². The lowest BCUT2D eigenvalue weighted by Crippen LogP contribution is -2.35. The molecule has 2 rings (SSSR count). The predicted octanol–water partition coefficient (Wildman–Crippen LogP) is 2.90. The van der Waals surface area contributed by atoms with E-state index in [1.807, 2.05) is 43.3 Å². The van der Waals surface area contributed by atoms with Crippen LogP contribution >= 0.6 is 0 Å². The van der Waals surface area contributed by atoms with E-state index in [1.165, 1.54) is 0 Å². The van der Waals surface area contributed by atoms with Crippen molar-refractivity contribution in [3.63, 3.8) is 0 Å². The highest BCUT2D eigenvalue weighted by Gasteiger charge is 2.16. The number of ether oxygens (including phenoxy) is 1. The zero-order valence-corrected chi connectivity index (χ0v) is 17.4. The van der Waals surface area contributed by atoms with E-state index in [1.54, 1.807) is 7.11 Å². The van der Waals surface area contributed by atoms with Gasteiger partial charge in [0.25, 0.3) is 5.91 Å². The van der Waals surface area contributed by atoms with E-state index in [2.05, 4.69) is 10.6 Å². The second kappa shape index (κ2) is 11.3. The molecule has 0 saturated carbocycles. The van der Waals surface area contributed by atoms with Crippen LogP contribution in [0.2, 0.25) is 0 Å². The molecule has 0 bridgehead atoms. The molecule has 0 heterocycles. The van der Waals surface area contributed by atoms with Gasteiger partial charge in [0.1, 0.15) is 17.4 Å². The number of hydrogen-bond acceptors (Lipinski definition) is 4. The van der Waals surface area contributed by atoms with Crippen LogP contribution in [0.1, 0.15) is 34.8 Å². The van der Waals surface area contributed by atoms with Gasteiger partial charge in [0.2, 0.25) is 5.91 Å². The molecule has 162 valence electrons. The summed E-state index contributed by atoms with van der Waals surface area (Å²) in [5, 5.41) is 5.43. The van der Waals surface area contributed by atoms with E-state index in [4.69, 9.17) is 4.74 Å². The van der Waals surface area contributed by atoms with Crippen molar-refractivity contribution in [2.75, 3.05) is 34.3 Å². The van der Waals surface area contributed by atoms with Crippen LogP contribution in [0.25, 0.3) is 0 Å². The van der Waals surface area contributed by atoms with Gasteiger partial charge in [0.05, 0.1) is 18.7 Å². The summed E-state index contributed by atoms with van der Waals surface area (Å²) in [6, 6.07) is 10.4. The largest absolute Gasteiger partial charge is 0.497 e. The third-order valence-electron chi connectivity index (χ3n) is 4.66. The molecular weight excluding hydrogens is 392 g/mol. The molecule has 0 saturated heterocycles. The minimum absolute atomic E-state index is 0.000935. The maximum atomic E-state index is 13.6. The highest BCUT2D eigenvalue weighted by Crippen LogP contribution is 2.20. The number of nitrogens with one attached hydrogen (secondary N) is 2. The first-order chi connectivity index (χ1) is 14.3. The summed E-state index contributed by atoms with van der Waals surface area (Å²) in [5.74, 6) is -1.68. The molecule has 1 unspecified atom stereocenters. The van der Waals surface area contributed by atoms with E-state index in [0.29, 0.717) is 19.0 Å². The first-order valence-electron chi connectivity index (χ1n) is 9.62. The lowest BCUT2D eigenvalue weighted by Gasteiger charge is -2.25. The van der Waals surface area contributed by atoms with Gasteiger partial charge in [-0.3, -0.25) is 9.59 Å². The summed E-state index contributed by atoms with van der Waals surface area (Å²) in [5.41, 5.74) is 0.823. The standard InChI is InChI=1S/C22H27F2N3O3/c1-27(2)20(15-6-9-17(30-3)10-7-15)14-26-21(28)5-4-12-25-22(29)18-11-8-16(23)13-19(18)24/h6-11,13,20H,4-5,12,14H2,1-3H3,(H,25,29)(H,26,28). The van der Waals surface area contributed by atoms with Gasteiger partial charge in [-0.05, 0) is 50.3 Å². The first-order valence-corrected chi connectivity index (χ1v) is 9.62. The Morgan fingerprint density at radius 1 is 1.07 bits per heavy atom. The van der Waals surface area contributed by atoms with Crippen LogP contribution < -0.4 is 15.4 Å². The number of likely N-dealkylation sites (N-methyl/N-ethyl adjacent to an activating group) is 1. The minimum atomic E-state index is -0.918. The summed E-state index contributed by atoms with van der Waals surface area (Å²) in [7, 11) is 5.48. The number of benzene rings is 2. The van der Waals surface area contributed by atoms with Gasteiger partial charge >= 0.3 is 0 Å². The molecule has 30 heavy (non-hydrogen) atoms. The molecule has 0 radical (unpaired) electrons. The third-order valence-corrected chi connectivity index (χ3v) is 4.66. The van der Waals surface area contributed by atoms with Crippen molar-refractivity contribution in [3.8, 4) is 5.75 Å². The zero-order valence-electron chi connectivity index (χ0n) is 17.4. The molecule has 0 aliphatic carbocycles. The van der Waals surface area contributed by atoms with Crippen molar-refractivity contribution in [2.24, 2.45) is 0 Å². The minimum Gasteiger partial charge on any atom is -0.497 e. The number of halogens is 2. The molecule has 0 spiro atoms. The normalized spacial score (nSPS) is 11.8. The molecule has 6 nitrogen and oxygen atoms in total. The number of hydrogen-bond donors (Lipinski definition) is 2. The average molecular weight is 419 g/mol. The molecule has 0 aliphatic rings. The molecule has 1 atom stereocenters. The van der Waals surface area contributed by atoms with Gasteiger partial charge in [-0.15, -0.1) is 0 Å². The van der Waals surface area contributed by atoms with Crippen LogP contribution in [0.15, 0.2) is 42.5 Å². The van der Waals surface area contributed by atoms with Crippen molar-refractivity contribution in [1.82, 2.24) is 15.5 Å². The topological polar surface area (TPSA) is 70.7 Å². The number of amides is 2. The van der Waals surface area contributed by atoms with Crippen LogP contribution in [0.4, 0.5) is 8.78 Å². The second-order valence-electron chi connectivity index (χ2n) is 7.04. The van der Waals surface area contributed by atoms with Gasteiger partial charge in [0, 0.05) is 25.6 Å². The Morgan fingerprint density at radius 2 is 1.77 bits per heavy atom. The van der Waals surface area contributed by atoms with Crippen LogP contribution in [-0.4, -0.2) is 51.0 Å². The summed E-state index contributed by atoms with van der Waals surface area (Å²) in [6.07, 6.45) is 0.616. The molecule has 2 aromatic rings. The quantitative estimate of drug-likeness (QED) is 0.581. The lowest BCUT2D eigenvalue weighted by atomic mass is 10.1. The fourth-order valence-corrected chi connectivity index (χ4v) is 2.94. The Kier molecular flexibility index (Phi) is 8.73. The van der Waals surface area contributed by atoms with E-state index in [-0.39, 0.29) is 30.5 Å². The Morgan fingerprint density at radius 3 is 2.37 bits per heavy atom. The van der Waals surface area contributed by atoms with Crippen molar-refractivity contribution >= 4 is 11.8 Å². The first kappa shape index (κ1) is 23.3. The number of carbonyl (C=O) groups excluding carboxylic acids is 2. The number of carbonyl (C=O) groups is 2. The highest BCUT2D eigenvalue weighted by molar-refractivity contribution is 5.94. The van der Waals surface area contributed by atoms with E-state index in [9.17, 15) is 18.4 Å². The molecule has 0 fully saturated rings. The molecule has 2 amide bonds. The Hall–Kier alpha value is -3.00. The smallest absolute Gasteiger partial charge is 0.254 e. The van der Waals surface area contributed by atoms with Gasteiger partial charge < -0.3 is 20.3 Å². The SMILES string of the molecule is COc1ccc(C(CNC(=O)CCCNC(=O)c2ccc(F)cc2F)N(C)C)cc1. The molecular formula is C22H27F2N3O3. The summed E-state index contributed by atoms with van der Waals surface area (Å²) in [4.78, 5) is 26.1. The summed E-state index contributed by atoms with van der Waals surface area (Å²) < 4.78 is 31.7. The lowest BCUT2D eigenvalue weighted by molar-refractivity contribution is -0.121. The van der Waals surface area contributed by atoms with Crippen LogP contribution in [0.5, 0.6) is 5.75 Å². The Labute approximate surface area is 175 Å². The molecule has 8 heteroatoms. The fraction of sp³-hybridized carbons (Fsp3) is 0.364. The number of nitrogens with zero attached hydrogens (tertiary/aromatic N) is 1. The summed E-state index contributed by atoms with van der Waals surface area (Å²) in [6.45, 7) is 0.643. The van der Waals surface area contributed by atoms with Gasteiger partial charge in [0.15, 0.2) is 0 Å².